The van der Waals surface area contributed by atoms with Crippen LogP contribution in [0.15, 0.2) is 54.6 Å². The second-order valence-electron chi connectivity index (χ2n) is 6.05. The lowest BCUT2D eigenvalue weighted by atomic mass is 9.94. The van der Waals surface area contributed by atoms with E-state index >= 15 is 0 Å². The van der Waals surface area contributed by atoms with E-state index in [0.29, 0.717) is 18.5 Å². The molecule has 2 unspecified atom stereocenters. The van der Waals surface area contributed by atoms with Gasteiger partial charge in [-0.25, -0.2) is 0 Å². The molecule has 0 bridgehead atoms. The van der Waals surface area contributed by atoms with Gasteiger partial charge in [-0.3, -0.25) is 9.59 Å². The third-order valence-electron chi connectivity index (χ3n) is 4.27. The Balaban J connectivity index is 1.87. The van der Waals surface area contributed by atoms with Gasteiger partial charge in [-0.2, -0.15) is 0 Å². The van der Waals surface area contributed by atoms with Crippen LogP contribution in [-0.4, -0.2) is 25.4 Å². The fraction of sp³-hybridized carbons (Fsp3) is 0.300. The van der Waals surface area contributed by atoms with Crippen LogP contribution in [0.2, 0.25) is 0 Å². The number of hydrogen-bond acceptors (Lipinski definition) is 3. The first kappa shape index (κ1) is 18.7. The number of nitrogens with two attached hydrogens (primary N) is 1. The van der Waals surface area contributed by atoms with E-state index in [4.69, 9.17) is 5.73 Å². The molecule has 0 heterocycles. The summed E-state index contributed by atoms with van der Waals surface area (Å²) in [6.07, 6.45) is 0.657. The van der Waals surface area contributed by atoms with Gasteiger partial charge in [0, 0.05) is 25.2 Å². The molecule has 2 atom stereocenters. The molecule has 4 N–H and O–H groups in total. The normalized spacial score (nSPS) is 12.9. The Hall–Kier alpha value is -2.66. The molecule has 0 spiro atoms. The highest BCUT2D eigenvalue weighted by Crippen LogP contribution is 2.19. The van der Waals surface area contributed by atoms with Crippen molar-refractivity contribution in [2.24, 2.45) is 11.7 Å². The average molecular weight is 339 g/mol. The van der Waals surface area contributed by atoms with Crippen molar-refractivity contribution >= 4 is 11.8 Å². The lowest BCUT2D eigenvalue weighted by Gasteiger charge is -2.19. The molecule has 0 aliphatic heterocycles. The molecule has 0 aliphatic rings. The minimum Gasteiger partial charge on any atom is -0.355 e. The molecule has 0 saturated heterocycles. The summed E-state index contributed by atoms with van der Waals surface area (Å²) in [5, 5.41) is 5.53. The Bertz CT molecular complexity index is 716. The predicted molar refractivity (Wildman–Crippen MR) is 99.1 cm³/mol. The minimum absolute atomic E-state index is 0.0705. The Kier molecular flexibility index (Phi) is 6.71. The standard InChI is InChI=1S/C20H25N3O2/c1-14(18(21)16-8-4-3-5-9-16)19(24)23-12-11-15-7-6-10-17(13-15)20(25)22-2/h3-10,13-14,18H,11-12,21H2,1-2H3,(H,22,25)(H,23,24). The van der Waals surface area contributed by atoms with Crippen molar-refractivity contribution in [1.29, 1.82) is 0 Å². The van der Waals surface area contributed by atoms with Crippen molar-refractivity contribution in [2.75, 3.05) is 13.6 Å². The number of hydrogen-bond donors (Lipinski definition) is 3. The van der Waals surface area contributed by atoms with E-state index in [1.165, 1.54) is 0 Å². The largest absolute Gasteiger partial charge is 0.355 e. The summed E-state index contributed by atoms with van der Waals surface area (Å²) in [6, 6.07) is 16.7. The van der Waals surface area contributed by atoms with E-state index in [2.05, 4.69) is 10.6 Å². The summed E-state index contributed by atoms with van der Waals surface area (Å²) in [5.41, 5.74) is 8.75. The summed E-state index contributed by atoms with van der Waals surface area (Å²) in [4.78, 5) is 24.0. The number of carbonyl (C=O) groups excluding carboxylic acids is 2. The second kappa shape index (κ2) is 8.99. The SMILES string of the molecule is CNC(=O)c1cccc(CCNC(=O)C(C)C(N)c2ccccc2)c1. The number of amides is 2. The minimum atomic E-state index is -0.335. The van der Waals surface area contributed by atoms with Gasteiger partial charge in [0.25, 0.3) is 5.91 Å². The van der Waals surface area contributed by atoms with Crippen LogP contribution < -0.4 is 16.4 Å². The lowest BCUT2D eigenvalue weighted by Crippen LogP contribution is -2.36. The molecular formula is C20H25N3O2. The van der Waals surface area contributed by atoms with Gasteiger partial charge >= 0.3 is 0 Å². The Morgan fingerprint density at radius 3 is 2.48 bits per heavy atom. The number of carbonyl (C=O) groups is 2. The zero-order valence-corrected chi connectivity index (χ0v) is 14.7. The van der Waals surface area contributed by atoms with E-state index in [1.54, 1.807) is 13.1 Å². The predicted octanol–water partition coefficient (Wildman–Crippen LogP) is 2.04. The molecule has 5 nitrogen and oxygen atoms in total. The number of benzene rings is 2. The van der Waals surface area contributed by atoms with Crippen LogP contribution in [0.5, 0.6) is 0 Å². The molecule has 0 aliphatic carbocycles. The van der Waals surface area contributed by atoms with Gasteiger partial charge in [0.2, 0.25) is 5.91 Å². The van der Waals surface area contributed by atoms with Crippen molar-refractivity contribution in [2.45, 2.75) is 19.4 Å². The second-order valence-corrected chi connectivity index (χ2v) is 6.05. The van der Waals surface area contributed by atoms with E-state index in [-0.39, 0.29) is 23.8 Å². The fourth-order valence-electron chi connectivity index (χ4n) is 2.63. The highest BCUT2D eigenvalue weighted by atomic mass is 16.2. The molecule has 25 heavy (non-hydrogen) atoms. The third kappa shape index (κ3) is 5.16. The molecule has 132 valence electrons. The zero-order valence-electron chi connectivity index (χ0n) is 14.7. The maximum atomic E-state index is 12.3. The van der Waals surface area contributed by atoms with Gasteiger partial charge in [0.05, 0.1) is 5.92 Å². The molecule has 2 aromatic carbocycles. The Morgan fingerprint density at radius 2 is 1.80 bits per heavy atom. The van der Waals surface area contributed by atoms with Gasteiger partial charge in [-0.05, 0) is 29.7 Å². The van der Waals surface area contributed by atoms with Crippen molar-refractivity contribution in [3.05, 3.63) is 71.3 Å². The first-order valence-electron chi connectivity index (χ1n) is 8.42. The summed E-state index contributed by atoms with van der Waals surface area (Å²) in [5.74, 6) is -0.508. The maximum absolute atomic E-state index is 12.3. The smallest absolute Gasteiger partial charge is 0.251 e. The summed E-state index contributed by atoms with van der Waals surface area (Å²) < 4.78 is 0. The highest BCUT2D eigenvalue weighted by Gasteiger charge is 2.21. The number of nitrogens with one attached hydrogen (secondary N) is 2. The number of rotatable bonds is 7. The molecule has 2 rings (SSSR count). The van der Waals surface area contributed by atoms with E-state index in [0.717, 1.165) is 11.1 Å². The lowest BCUT2D eigenvalue weighted by molar-refractivity contribution is -0.125. The Labute approximate surface area is 148 Å². The highest BCUT2D eigenvalue weighted by molar-refractivity contribution is 5.94. The van der Waals surface area contributed by atoms with Crippen LogP contribution in [-0.2, 0) is 11.2 Å². The monoisotopic (exact) mass is 339 g/mol. The maximum Gasteiger partial charge on any atom is 0.251 e. The van der Waals surface area contributed by atoms with Crippen molar-refractivity contribution in [3.8, 4) is 0 Å². The van der Waals surface area contributed by atoms with Crippen LogP contribution in [0.3, 0.4) is 0 Å². The van der Waals surface area contributed by atoms with Gasteiger partial charge < -0.3 is 16.4 Å². The first-order chi connectivity index (χ1) is 12.0. The molecule has 2 amide bonds. The average Bonchev–Trinajstić information content (AvgIpc) is 2.67. The summed E-state index contributed by atoms with van der Waals surface area (Å²) in [6.45, 7) is 2.33. The van der Waals surface area contributed by atoms with Crippen molar-refractivity contribution in [3.63, 3.8) is 0 Å². The van der Waals surface area contributed by atoms with Crippen LogP contribution in [0.4, 0.5) is 0 Å². The molecule has 0 saturated carbocycles. The van der Waals surface area contributed by atoms with Gasteiger partial charge in [0.15, 0.2) is 0 Å². The third-order valence-corrected chi connectivity index (χ3v) is 4.27. The van der Waals surface area contributed by atoms with E-state index < -0.39 is 0 Å². The van der Waals surface area contributed by atoms with Gasteiger partial charge in [0.1, 0.15) is 0 Å². The van der Waals surface area contributed by atoms with E-state index in [9.17, 15) is 9.59 Å². The quantitative estimate of drug-likeness (QED) is 0.722. The Morgan fingerprint density at radius 1 is 1.08 bits per heavy atom. The molecular weight excluding hydrogens is 314 g/mol. The zero-order chi connectivity index (χ0) is 18.2. The van der Waals surface area contributed by atoms with Crippen LogP contribution in [0, 0.1) is 5.92 Å². The topological polar surface area (TPSA) is 84.2 Å². The molecule has 2 aromatic rings. The molecule has 0 radical (unpaired) electrons. The van der Waals surface area contributed by atoms with Crippen LogP contribution in [0.25, 0.3) is 0 Å². The van der Waals surface area contributed by atoms with Gasteiger partial charge in [-0.15, -0.1) is 0 Å². The summed E-state index contributed by atoms with van der Waals surface area (Å²) in [7, 11) is 1.60. The van der Waals surface area contributed by atoms with E-state index in [1.807, 2.05) is 55.5 Å². The summed E-state index contributed by atoms with van der Waals surface area (Å²) >= 11 is 0. The van der Waals surface area contributed by atoms with Crippen LogP contribution in [0.1, 0.15) is 34.5 Å². The van der Waals surface area contributed by atoms with Crippen molar-refractivity contribution in [1.82, 2.24) is 10.6 Å². The molecule has 0 aromatic heterocycles. The van der Waals surface area contributed by atoms with Crippen molar-refractivity contribution < 1.29 is 9.59 Å². The first-order valence-corrected chi connectivity index (χ1v) is 8.42. The van der Waals surface area contributed by atoms with Gasteiger partial charge in [-0.1, -0.05) is 49.4 Å². The fourth-order valence-corrected chi connectivity index (χ4v) is 2.63. The molecule has 0 fully saturated rings. The van der Waals surface area contributed by atoms with Crippen LogP contribution >= 0.6 is 0 Å². The molecule has 5 heteroatoms.